The highest BCUT2D eigenvalue weighted by Crippen LogP contribution is 2.22. The lowest BCUT2D eigenvalue weighted by Gasteiger charge is -2.07. The van der Waals surface area contributed by atoms with E-state index in [0.29, 0.717) is 23.3 Å². The SMILES string of the molecule is NCCOCC(=O)Nc1ccc(F)cc1Br. The van der Waals surface area contributed by atoms with Crippen molar-refractivity contribution in [2.45, 2.75) is 0 Å². The first-order valence-corrected chi connectivity index (χ1v) is 5.45. The van der Waals surface area contributed by atoms with E-state index >= 15 is 0 Å². The lowest BCUT2D eigenvalue weighted by atomic mass is 10.3. The number of carbonyl (C=O) groups is 1. The highest BCUT2D eigenvalue weighted by molar-refractivity contribution is 9.10. The zero-order valence-electron chi connectivity index (χ0n) is 8.50. The van der Waals surface area contributed by atoms with Crippen LogP contribution >= 0.6 is 15.9 Å². The van der Waals surface area contributed by atoms with Gasteiger partial charge in [-0.15, -0.1) is 0 Å². The molecule has 16 heavy (non-hydrogen) atoms. The van der Waals surface area contributed by atoms with Crippen molar-refractivity contribution in [1.82, 2.24) is 0 Å². The fourth-order valence-electron chi connectivity index (χ4n) is 1.03. The van der Waals surface area contributed by atoms with E-state index in [1.807, 2.05) is 0 Å². The summed E-state index contributed by atoms with van der Waals surface area (Å²) in [5.74, 6) is -0.676. The van der Waals surface area contributed by atoms with Crippen LogP contribution in [0.15, 0.2) is 22.7 Å². The van der Waals surface area contributed by atoms with Gasteiger partial charge in [-0.2, -0.15) is 0 Å². The first kappa shape index (κ1) is 13.1. The van der Waals surface area contributed by atoms with Crippen molar-refractivity contribution >= 4 is 27.5 Å². The summed E-state index contributed by atoms with van der Waals surface area (Å²) in [6.07, 6.45) is 0. The Balaban J connectivity index is 2.49. The molecule has 0 saturated carbocycles. The van der Waals surface area contributed by atoms with Gasteiger partial charge in [0.1, 0.15) is 12.4 Å². The Labute approximate surface area is 101 Å². The summed E-state index contributed by atoms with van der Waals surface area (Å²) in [6.45, 7) is 0.631. The van der Waals surface area contributed by atoms with Crippen molar-refractivity contribution in [3.8, 4) is 0 Å². The standard InChI is InChI=1S/C10H12BrFN2O2/c11-8-5-7(12)1-2-9(8)14-10(15)6-16-4-3-13/h1-2,5H,3-4,6,13H2,(H,14,15). The van der Waals surface area contributed by atoms with Gasteiger partial charge >= 0.3 is 0 Å². The minimum Gasteiger partial charge on any atom is -0.370 e. The molecule has 6 heteroatoms. The van der Waals surface area contributed by atoms with Gasteiger partial charge in [0.25, 0.3) is 0 Å². The predicted molar refractivity (Wildman–Crippen MR) is 62.6 cm³/mol. The average molecular weight is 291 g/mol. The van der Waals surface area contributed by atoms with Gasteiger partial charge in [-0.3, -0.25) is 4.79 Å². The molecule has 0 aliphatic carbocycles. The number of halogens is 2. The van der Waals surface area contributed by atoms with Crippen LogP contribution in [0.1, 0.15) is 0 Å². The molecule has 3 N–H and O–H groups in total. The number of nitrogens with two attached hydrogens (primary N) is 1. The molecule has 0 radical (unpaired) electrons. The first-order chi connectivity index (χ1) is 7.63. The second-order valence-electron chi connectivity index (χ2n) is 3.01. The molecule has 0 aromatic heterocycles. The zero-order valence-corrected chi connectivity index (χ0v) is 10.1. The minimum atomic E-state index is -0.371. The topological polar surface area (TPSA) is 64.3 Å². The molecule has 0 fully saturated rings. The molecule has 1 rings (SSSR count). The maximum atomic E-state index is 12.8. The van der Waals surface area contributed by atoms with Gasteiger partial charge in [-0.25, -0.2) is 4.39 Å². The van der Waals surface area contributed by atoms with E-state index < -0.39 is 0 Å². The van der Waals surface area contributed by atoms with E-state index in [1.54, 1.807) is 0 Å². The van der Waals surface area contributed by atoms with Crippen molar-refractivity contribution in [3.63, 3.8) is 0 Å². The van der Waals surface area contributed by atoms with E-state index in [9.17, 15) is 9.18 Å². The van der Waals surface area contributed by atoms with Crippen molar-refractivity contribution in [2.24, 2.45) is 5.73 Å². The fraction of sp³-hybridized carbons (Fsp3) is 0.300. The average Bonchev–Trinajstić information content (AvgIpc) is 2.23. The number of ether oxygens (including phenoxy) is 1. The quantitative estimate of drug-likeness (QED) is 0.808. The summed E-state index contributed by atoms with van der Waals surface area (Å²) in [5, 5.41) is 2.58. The highest BCUT2D eigenvalue weighted by atomic mass is 79.9. The zero-order chi connectivity index (χ0) is 12.0. The van der Waals surface area contributed by atoms with Crippen molar-refractivity contribution < 1.29 is 13.9 Å². The maximum Gasteiger partial charge on any atom is 0.250 e. The highest BCUT2D eigenvalue weighted by Gasteiger charge is 2.06. The Bertz CT molecular complexity index is 374. The molecule has 1 aromatic carbocycles. The summed E-state index contributed by atoms with van der Waals surface area (Å²) in [4.78, 5) is 11.3. The number of hydrogen-bond acceptors (Lipinski definition) is 3. The molecule has 0 spiro atoms. The van der Waals surface area contributed by atoms with Crippen molar-refractivity contribution in [2.75, 3.05) is 25.1 Å². The van der Waals surface area contributed by atoms with Crippen LogP contribution in [-0.4, -0.2) is 25.7 Å². The summed E-state index contributed by atoms with van der Waals surface area (Å²) < 4.78 is 18.2. The number of nitrogens with one attached hydrogen (secondary N) is 1. The van der Waals surface area contributed by atoms with Crippen molar-refractivity contribution in [3.05, 3.63) is 28.5 Å². The molecule has 0 saturated heterocycles. The molecule has 1 amide bonds. The van der Waals surface area contributed by atoms with E-state index in [1.165, 1.54) is 18.2 Å². The molecule has 0 aliphatic heterocycles. The van der Waals surface area contributed by atoms with Crippen molar-refractivity contribution in [1.29, 1.82) is 0 Å². The van der Waals surface area contributed by atoms with Crippen LogP contribution in [0, 0.1) is 5.82 Å². The third kappa shape index (κ3) is 4.26. The molecule has 0 atom stereocenters. The summed E-state index contributed by atoms with van der Waals surface area (Å²) in [6, 6.07) is 4.01. The molecule has 88 valence electrons. The van der Waals surface area contributed by atoms with Gasteiger partial charge in [0, 0.05) is 11.0 Å². The number of hydrogen-bond donors (Lipinski definition) is 2. The monoisotopic (exact) mass is 290 g/mol. The maximum absolute atomic E-state index is 12.8. The second kappa shape index (κ2) is 6.57. The van der Waals surface area contributed by atoms with E-state index in [0.717, 1.165) is 0 Å². The predicted octanol–water partition coefficient (Wildman–Crippen LogP) is 1.50. The molecule has 0 aliphatic rings. The normalized spacial score (nSPS) is 10.2. The van der Waals surface area contributed by atoms with E-state index in [4.69, 9.17) is 10.5 Å². The Morgan fingerprint density at radius 1 is 1.56 bits per heavy atom. The molecule has 0 bridgehead atoms. The van der Waals surface area contributed by atoms with Crippen LogP contribution in [0.25, 0.3) is 0 Å². The minimum absolute atomic E-state index is 0.0684. The Kier molecular flexibility index (Phi) is 5.37. The number of rotatable bonds is 5. The first-order valence-electron chi connectivity index (χ1n) is 4.66. The number of amides is 1. The van der Waals surface area contributed by atoms with E-state index in [2.05, 4.69) is 21.2 Å². The number of benzene rings is 1. The molecular weight excluding hydrogens is 279 g/mol. The van der Waals surface area contributed by atoms with Gasteiger partial charge < -0.3 is 15.8 Å². The van der Waals surface area contributed by atoms with Crippen LogP contribution < -0.4 is 11.1 Å². The van der Waals surface area contributed by atoms with Gasteiger partial charge in [-0.05, 0) is 34.1 Å². The molecule has 4 nitrogen and oxygen atoms in total. The second-order valence-corrected chi connectivity index (χ2v) is 3.87. The van der Waals surface area contributed by atoms with Crippen LogP contribution in [-0.2, 0) is 9.53 Å². The molecule has 0 heterocycles. The number of anilines is 1. The Morgan fingerprint density at radius 2 is 2.31 bits per heavy atom. The third-order valence-corrected chi connectivity index (χ3v) is 2.36. The van der Waals surface area contributed by atoms with E-state index in [-0.39, 0.29) is 18.3 Å². The third-order valence-electron chi connectivity index (χ3n) is 1.70. The fourth-order valence-corrected chi connectivity index (χ4v) is 1.48. The van der Waals surface area contributed by atoms with Gasteiger partial charge in [0.15, 0.2) is 0 Å². The lowest BCUT2D eigenvalue weighted by molar-refractivity contribution is -0.120. The summed E-state index contributed by atoms with van der Waals surface area (Å²) in [5.41, 5.74) is 5.70. The molecular formula is C10H12BrFN2O2. The van der Waals surface area contributed by atoms with Crippen LogP contribution in [0.2, 0.25) is 0 Å². The number of carbonyl (C=O) groups excluding carboxylic acids is 1. The van der Waals surface area contributed by atoms with Gasteiger partial charge in [0.2, 0.25) is 5.91 Å². The Hall–Kier alpha value is -0.980. The van der Waals surface area contributed by atoms with Crippen LogP contribution in [0.5, 0.6) is 0 Å². The van der Waals surface area contributed by atoms with Crippen LogP contribution in [0.3, 0.4) is 0 Å². The lowest BCUT2D eigenvalue weighted by Crippen LogP contribution is -2.20. The summed E-state index contributed by atoms with van der Waals surface area (Å²) >= 11 is 3.14. The molecule has 1 aromatic rings. The largest absolute Gasteiger partial charge is 0.370 e. The van der Waals surface area contributed by atoms with Crippen LogP contribution in [0.4, 0.5) is 10.1 Å². The smallest absolute Gasteiger partial charge is 0.250 e. The van der Waals surface area contributed by atoms with Gasteiger partial charge in [-0.1, -0.05) is 0 Å². The summed E-state index contributed by atoms with van der Waals surface area (Å²) in [7, 11) is 0. The van der Waals surface area contributed by atoms with Gasteiger partial charge in [0.05, 0.1) is 12.3 Å². The molecule has 0 unspecified atom stereocenters. The Morgan fingerprint density at radius 3 is 2.94 bits per heavy atom.